The minimum absolute atomic E-state index is 0.652. The quantitative estimate of drug-likeness (QED) is 0.859. The normalized spacial score (nSPS) is 29.2. The Morgan fingerprint density at radius 2 is 2.18 bits per heavy atom. The van der Waals surface area contributed by atoms with Crippen molar-refractivity contribution >= 4 is 15.9 Å². The Morgan fingerprint density at radius 3 is 2.94 bits per heavy atom. The number of rotatable bonds is 3. The van der Waals surface area contributed by atoms with Crippen molar-refractivity contribution in [1.82, 2.24) is 10.3 Å². The van der Waals surface area contributed by atoms with Gasteiger partial charge in [-0.25, -0.2) is 4.98 Å². The molecule has 2 nitrogen and oxygen atoms in total. The lowest BCUT2D eigenvalue weighted by molar-refractivity contribution is 0.205. The van der Waals surface area contributed by atoms with Crippen molar-refractivity contribution in [3.05, 3.63) is 28.5 Å². The summed E-state index contributed by atoms with van der Waals surface area (Å²) in [5.41, 5.74) is 1.12. The third kappa shape index (κ3) is 3.52. The van der Waals surface area contributed by atoms with E-state index in [2.05, 4.69) is 46.1 Å². The van der Waals surface area contributed by atoms with Gasteiger partial charge in [-0.15, -0.1) is 0 Å². The highest BCUT2D eigenvalue weighted by molar-refractivity contribution is 9.10. The van der Waals surface area contributed by atoms with E-state index in [4.69, 9.17) is 0 Å². The summed E-state index contributed by atoms with van der Waals surface area (Å²) in [7, 11) is 0. The Hall–Kier alpha value is -0.410. The maximum atomic E-state index is 4.46. The molecular weight excluding hydrogens is 276 g/mol. The van der Waals surface area contributed by atoms with Crippen molar-refractivity contribution in [2.45, 2.75) is 45.7 Å². The fourth-order valence-electron chi connectivity index (χ4n) is 2.65. The van der Waals surface area contributed by atoms with Crippen LogP contribution in [0.15, 0.2) is 22.8 Å². The molecule has 1 N–H and O–H groups in total. The van der Waals surface area contributed by atoms with Crippen LogP contribution in [0.4, 0.5) is 0 Å². The highest BCUT2D eigenvalue weighted by Gasteiger charge is 2.26. The lowest BCUT2D eigenvalue weighted by Crippen LogP contribution is -2.40. The number of aromatic nitrogens is 1. The first-order valence-corrected chi connectivity index (χ1v) is 7.31. The molecule has 3 heteroatoms. The largest absolute Gasteiger partial charge is 0.308 e. The zero-order chi connectivity index (χ0) is 12.3. The Bertz CT molecular complexity index is 367. The van der Waals surface area contributed by atoms with E-state index in [0.717, 1.165) is 28.7 Å². The lowest BCUT2D eigenvalue weighted by atomic mass is 9.78. The predicted molar refractivity (Wildman–Crippen MR) is 74.7 cm³/mol. The van der Waals surface area contributed by atoms with Crippen LogP contribution in [0.5, 0.6) is 0 Å². The van der Waals surface area contributed by atoms with Crippen LogP contribution in [0.2, 0.25) is 0 Å². The van der Waals surface area contributed by atoms with Crippen LogP contribution in [-0.2, 0) is 6.54 Å². The molecule has 2 rings (SSSR count). The van der Waals surface area contributed by atoms with Gasteiger partial charge in [0, 0.05) is 12.6 Å². The molecule has 0 aliphatic heterocycles. The van der Waals surface area contributed by atoms with Gasteiger partial charge in [0.05, 0.1) is 5.69 Å². The molecule has 0 radical (unpaired) electrons. The zero-order valence-corrected chi connectivity index (χ0v) is 12.2. The summed E-state index contributed by atoms with van der Waals surface area (Å²) in [4.78, 5) is 4.46. The van der Waals surface area contributed by atoms with Gasteiger partial charge in [-0.3, -0.25) is 0 Å². The average Bonchev–Trinajstić information content (AvgIpc) is 2.31. The molecule has 1 aliphatic carbocycles. The molecule has 0 aromatic carbocycles. The third-order valence-electron chi connectivity index (χ3n) is 4.02. The van der Waals surface area contributed by atoms with Crippen LogP contribution in [0.3, 0.4) is 0 Å². The summed E-state index contributed by atoms with van der Waals surface area (Å²) >= 11 is 3.41. The number of hydrogen-bond acceptors (Lipinski definition) is 2. The Balaban J connectivity index is 1.89. The summed E-state index contributed by atoms with van der Waals surface area (Å²) in [5, 5.41) is 3.66. The fraction of sp³-hybridized carbons (Fsp3) is 0.643. The van der Waals surface area contributed by atoms with Crippen LogP contribution in [0.1, 0.15) is 38.8 Å². The van der Waals surface area contributed by atoms with Crippen molar-refractivity contribution in [2.75, 3.05) is 0 Å². The summed E-state index contributed by atoms with van der Waals surface area (Å²) in [6.07, 6.45) is 4.04. The number of nitrogens with zero attached hydrogens (tertiary/aromatic N) is 1. The molecule has 0 bridgehead atoms. The molecule has 1 fully saturated rings. The van der Waals surface area contributed by atoms with Gasteiger partial charge >= 0.3 is 0 Å². The van der Waals surface area contributed by atoms with Crippen LogP contribution in [-0.4, -0.2) is 11.0 Å². The van der Waals surface area contributed by atoms with Crippen LogP contribution < -0.4 is 5.32 Å². The summed E-state index contributed by atoms with van der Waals surface area (Å²) in [6, 6.07) is 6.74. The summed E-state index contributed by atoms with van der Waals surface area (Å²) in [6.45, 7) is 5.62. The predicted octanol–water partition coefficient (Wildman–Crippen LogP) is 3.76. The van der Waals surface area contributed by atoms with E-state index >= 15 is 0 Å². The van der Waals surface area contributed by atoms with Crippen LogP contribution in [0, 0.1) is 11.8 Å². The molecule has 0 saturated heterocycles. The fourth-order valence-corrected chi connectivity index (χ4v) is 3.03. The minimum Gasteiger partial charge on any atom is -0.308 e. The summed E-state index contributed by atoms with van der Waals surface area (Å²) in [5.74, 6) is 1.62. The van der Waals surface area contributed by atoms with E-state index < -0.39 is 0 Å². The van der Waals surface area contributed by atoms with E-state index in [1.165, 1.54) is 19.3 Å². The second-order valence-electron chi connectivity index (χ2n) is 5.21. The smallest absolute Gasteiger partial charge is 0.106 e. The SMILES string of the molecule is CC1CCCC(NCc2cccc(Br)n2)C1C. The molecule has 1 aromatic heterocycles. The zero-order valence-electron chi connectivity index (χ0n) is 10.6. The van der Waals surface area contributed by atoms with Crippen LogP contribution >= 0.6 is 15.9 Å². The number of pyridine rings is 1. The Labute approximate surface area is 112 Å². The maximum Gasteiger partial charge on any atom is 0.106 e. The number of nitrogens with one attached hydrogen (secondary N) is 1. The summed E-state index contributed by atoms with van der Waals surface area (Å²) < 4.78 is 0.918. The van der Waals surface area contributed by atoms with Crippen molar-refractivity contribution < 1.29 is 0 Å². The lowest BCUT2D eigenvalue weighted by Gasteiger charge is -2.34. The Kier molecular flexibility index (Phi) is 4.57. The van der Waals surface area contributed by atoms with Gasteiger partial charge in [-0.2, -0.15) is 0 Å². The van der Waals surface area contributed by atoms with E-state index in [0.29, 0.717) is 6.04 Å². The molecule has 1 heterocycles. The average molecular weight is 297 g/mol. The van der Waals surface area contributed by atoms with Gasteiger partial charge in [-0.05, 0) is 46.3 Å². The maximum absolute atomic E-state index is 4.46. The molecule has 17 heavy (non-hydrogen) atoms. The van der Waals surface area contributed by atoms with Crippen molar-refractivity contribution in [3.63, 3.8) is 0 Å². The first-order chi connectivity index (χ1) is 8.16. The van der Waals surface area contributed by atoms with Gasteiger partial charge in [0.2, 0.25) is 0 Å². The number of hydrogen-bond donors (Lipinski definition) is 1. The highest BCUT2D eigenvalue weighted by atomic mass is 79.9. The highest BCUT2D eigenvalue weighted by Crippen LogP contribution is 2.29. The first kappa shape index (κ1) is 13.0. The third-order valence-corrected chi connectivity index (χ3v) is 4.47. The van der Waals surface area contributed by atoms with Crippen molar-refractivity contribution in [2.24, 2.45) is 11.8 Å². The van der Waals surface area contributed by atoms with E-state index in [9.17, 15) is 0 Å². The second kappa shape index (κ2) is 5.96. The van der Waals surface area contributed by atoms with Gasteiger partial charge in [0.25, 0.3) is 0 Å². The molecule has 0 spiro atoms. The molecule has 0 amide bonds. The van der Waals surface area contributed by atoms with E-state index in [1.54, 1.807) is 0 Å². The molecule has 1 aliphatic rings. The molecular formula is C14H21BrN2. The van der Waals surface area contributed by atoms with Crippen molar-refractivity contribution in [1.29, 1.82) is 0 Å². The molecule has 3 atom stereocenters. The first-order valence-electron chi connectivity index (χ1n) is 6.51. The second-order valence-corrected chi connectivity index (χ2v) is 6.02. The molecule has 1 saturated carbocycles. The van der Waals surface area contributed by atoms with Crippen LogP contribution in [0.25, 0.3) is 0 Å². The van der Waals surface area contributed by atoms with Gasteiger partial charge in [0.1, 0.15) is 4.60 Å². The van der Waals surface area contributed by atoms with Crippen molar-refractivity contribution in [3.8, 4) is 0 Å². The topological polar surface area (TPSA) is 24.9 Å². The minimum atomic E-state index is 0.652. The standard InChI is InChI=1S/C14H21BrN2/c1-10-5-3-7-13(11(10)2)16-9-12-6-4-8-14(15)17-12/h4,6,8,10-11,13,16H,3,5,7,9H2,1-2H3. The molecule has 94 valence electrons. The van der Waals surface area contributed by atoms with Gasteiger partial charge in [-0.1, -0.05) is 32.8 Å². The van der Waals surface area contributed by atoms with E-state index in [1.807, 2.05) is 12.1 Å². The van der Waals surface area contributed by atoms with Gasteiger partial charge < -0.3 is 5.32 Å². The monoisotopic (exact) mass is 296 g/mol. The molecule has 3 unspecified atom stereocenters. The number of halogens is 1. The Morgan fingerprint density at radius 1 is 1.35 bits per heavy atom. The van der Waals surface area contributed by atoms with E-state index in [-0.39, 0.29) is 0 Å². The van der Waals surface area contributed by atoms with Gasteiger partial charge in [0.15, 0.2) is 0 Å². The molecule has 1 aromatic rings.